The molecule has 3 heterocycles. The van der Waals surface area contributed by atoms with Crippen LogP contribution in [0.3, 0.4) is 0 Å². The molecule has 0 unspecified atom stereocenters. The monoisotopic (exact) mass is 504 g/mol. The van der Waals surface area contributed by atoms with Crippen LogP contribution in [0.5, 0.6) is 0 Å². The molecular formula is C18H32O16. The Labute approximate surface area is 192 Å². The van der Waals surface area contributed by atoms with Crippen molar-refractivity contribution in [3.8, 4) is 0 Å². The molecule has 0 radical (unpaired) electrons. The van der Waals surface area contributed by atoms with Crippen molar-refractivity contribution in [1.29, 1.82) is 0 Å². The molecule has 3 fully saturated rings. The maximum Gasteiger partial charge on any atom is 0.224 e. The van der Waals surface area contributed by atoms with Gasteiger partial charge in [-0.15, -0.1) is 0 Å². The summed E-state index contributed by atoms with van der Waals surface area (Å²) in [6, 6.07) is 0. The third kappa shape index (κ3) is 4.96. The van der Waals surface area contributed by atoms with Gasteiger partial charge in [-0.25, -0.2) is 0 Å². The highest BCUT2D eigenvalue weighted by atomic mass is 16.8. The van der Waals surface area contributed by atoms with Gasteiger partial charge >= 0.3 is 0 Å². The standard InChI is InChI=1S/C18H32O16/c19-1-5-8(23)11(26)13(28)16(30-5)32-15-10(25)7(3-21)33-18(15,4-22)34-17-14(29)12(27)9(24)6(2-20)31-17/h5-17,19-29H,1-4H2/t5-,6+,7+,8-,9+,10+,11+,12-,13-,14+,15-,16-,17+,18-/m1/s1. The fraction of sp³-hybridized carbons (Fsp3) is 1.00. The predicted molar refractivity (Wildman–Crippen MR) is 101 cm³/mol. The Bertz CT molecular complexity index is 651. The molecule has 0 aliphatic carbocycles. The van der Waals surface area contributed by atoms with Gasteiger partial charge in [0.15, 0.2) is 12.6 Å². The Kier molecular flexibility index (Phi) is 9.18. The van der Waals surface area contributed by atoms with E-state index >= 15 is 0 Å². The van der Waals surface area contributed by atoms with E-state index in [1.807, 2.05) is 0 Å². The molecular weight excluding hydrogens is 472 g/mol. The average Bonchev–Trinajstić information content (AvgIpc) is 3.10. The van der Waals surface area contributed by atoms with Crippen molar-refractivity contribution in [2.45, 2.75) is 85.5 Å². The quantitative estimate of drug-likeness (QED) is 0.146. The van der Waals surface area contributed by atoms with E-state index < -0.39 is 112 Å². The molecule has 0 amide bonds. The number of hydrogen-bond acceptors (Lipinski definition) is 16. The smallest absolute Gasteiger partial charge is 0.224 e. The van der Waals surface area contributed by atoms with Crippen LogP contribution in [0, 0.1) is 0 Å². The number of hydrogen-bond donors (Lipinski definition) is 11. The third-order valence-corrected chi connectivity index (χ3v) is 6.17. The Morgan fingerprint density at radius 3 is 1.50 bits per heavy atom. The highest BCUT2D eigenvalue weighted by molar-refractivity contribution is 5.01. The van der Waals surface area contributed by atoms with Gasteiger partial charge < -0.3 is 79.9 Å². The number of rotatable bonds is 8. The Balaban J connectivity index is 1.87. The molecule has 14 atom stereocenters. The van der Waals surface area contributed by atoms with E-state index in [2.05, 4.69) is 0 Å². The number of aliphatic hydroxyl groups excluding tert-OH is 11. The molecule has 3 saturated heterocycles. The second kappa shape index (κ2) is 11.2. The van der Waals surface area contributed by atoms with Gasteiger partial charge in [0.25, 0.3) is 0 Å². The van der Waals surface area contributed by atoms with Crippen molar-refractivity contribution in [2.75, 3.05) is 26.4 Å². The minimum absolute atomic E-state index is 0.777. The summed E-state index contributed by atoms with van der Waals surface area (Å²) in [5.41, 5.74) is 0. The zero-order valence-corrected chi connectivity index (χ0v) is 17.8. The summed E-state index contributed by atoms with van der Waals surface area (Å²) in [6.45, 7) is -3.49. The topological polar surface area (TPSA) is 269 Å². The van der Waals surface area contributed by atoms with Gasteiger partial charge in [-0.3, -0.25) is 0 Å². The highest BCUT2D eigenvalue weighted by Crippen LogP contribution is 2.39. The van der Waals surface area contributed by atoms with Crippen molar-refractivity contribution < 1.29 is 79.9 Å². The van der Waals surface area contributed by atoms with E-state index in [0.717, 1.165) is 0 Å². The number of aliphatic hydroxyl groups is 11. The van der Waals surface area contributed by atoms with E-state index in [-0.39, 0.29) is 0 Å². The van der Waals surface area contributed by atoms with E-state index in [4.69, 9.17) is 23.7 Å². The van der Waals surface area contributed by atoms with Gasteiger partial charge in [0.2, 0.25) is 5.79 Å². The van der Waals surface area contributed by atoms with Crippen molar-refractivity contribution in [3.05, 3.63) is 0 Å². The Hall–Kier alpha value is -0.640. The summed E-state index contributed by atoms with van der Waals surface area (Å²) < 4.78 is 27.0. The van der Waals surface area contributed by atoms with Crippen molar-refractivity contribution >= 4 is 0 Å². The lowest BCUT2D eigenvalue weighted by atomic mass is 9.98. The summed E-state index contributed by atoms with van der Waals surface area (Å²) in [4.78, 5) is 0. The maximum absolute atomic E-state index is 10.6. The van der Waals surface area contributed by atoms with E-state index in [0.29, 0.717) is 0 Å². The van der Waals surface area contributed by atoms with Gasteiger partial charge in [0.05, 0.1) is 19.8 Å². The first-order valence-electron chi connectivity index (χ1n) is 10.6. The zero-order chi connectivity index (χ0) is 25.4. The summed E-state index contributed by atoms with van der Waals surface area (Å²) >= 11 is 0. The Morgan fingerprint density at radius 2 is 1.03 bits per heavy atom. The molecule has 200 valence electrons. The van der Waals surface area contributed by atoms with Crippen LogP contribution < -0.4 is 0 Å². The molecule has 0 bridgehead atoms. The van der Waals surface area contributed by atoms with Crippen LogP contribution in [0.1, 0.15) is 0 Å². The van der Waals surface area contributed by atoms with Crippen LogP contribution >= 0.6 is 0 Å². The number of ether oxygens (including phenoxy) is 5. The fourth-order valence-corrected chi connectivity index (χ4v) is 4.12. The first kappa shape index (κ1) is 27.9. The van der Waals surface area contributed by atoms with Crippen LogP contribution in [0.15, 0.2) is 0 Å². The van der Waals surface area contributed by atoms with Crippen molar-refractivity contribution in [3.63, 3.8) is 0 Å². The maximum atomic E-state index is 10.6. The second-order valence-corrected chi connectivity index (χ2v) is 8.37. The minimum Gasteiger partial charge on any atom is -0.394 e. The van der Waals surface area contributed by atoms with Crippen LogP contribution in [0.4, 0.5) is 0 Å². The molecule has 16 nitrogen and oxygen atoms in total. The van der Waals surface area contributed by atoms with E-state index in [1.54, 1.807) is 0 Å². The van der Waals surface area contributed by atoms with Crippen molar-refractivity contribution in [2.24, 2.45) is 0 Å². The van der Waals surface area contributed by atoms with Gasteiger partial charge in [0, 0.05) is 0 Å². The van der Waals surface area contributed by atoms with E-state index in [1.165, 1.54) is 0 Å². The fourth-order valence-electron chi connectivity index (χ4n) is 4.12. The molecule has 3 aliphatic heterocycles. The molecule has 0 aromatic carbocycles. The normalized spacial score (nSPS) is 52.1. The zero-order valence-electron chi connectivity index (χ0n) is 17.8. The summed E-state index contributed by atoms with van der Waals surface area (Å²) in [5, 5.41) is 109. The summed E-state index contributed by atoms with van der Waals surface area (Å²) in [5.74, 6) is -2.43. The van der Waals surface area contributed by atoms with E-state index in [9.17, 15) is 56.2 Å². The molecule has 0 saturated carbocycles. The van der Waals surface area contributed by atoms with Crippen molar-refractivity contribution in [1.82, 2.24) is 0 Å². The van der Waals surface area contributed by atoms with Crippen LogP contribution in [-0.4, -0.2) is 168 Å². The van der Waals surface area contributed by atoms with Gasteiger partial charge in [-0.05, 0) is 0 Å². The van der Waals surface area contributed by atoms with Gasteiger partial charge in [0.1, 0.15) is 73.8 Å². The lowest BCUT2D eigenvalue weighted by Crippen LogP contribution is -2.64. The SMILES string of the molecule is OC[C@@H]1O[C@@H](O[C@@]2(CO)O[C@@H](CO)[C@H](O)[C@H]2O[C@H]2O[C@H](CO)[C@@H](O)[C@H](O)[C@H]2O)[C@@H](O)[C@H](O)[C@H]1O. The lowest BCUT2D eigenvalue weighted by molar-refractivity contribution is -0.400. The molecule has 34 heavy (non-hydrogen) atoms. The molecule has 0 spiro atoms. The first-order valence-corrected chi connectivity index (χ1v) is 10.6. The molecule has 3 rings (SSSR count). The molecule has 0 aromatic heterocycles. The summed E-state index contributed by atoms with van der Waals surface area (Å²) in [6.07, 6.45) is -22.3. The molecule has 16 heteroatoms. The largest absolute Gasteiger partial charge is 0.394 e. The van der Waals surface area contributed by atoms with Crippen LogP contribution in [-0.2, 0) is 23.7 Å². The minimum atomic E-state index is -2.43. The highest BCUT2D eigenvalue weighted by Gasteiger charge is 2.61. The summed E-state index contributed by atoms with van der Waals surface area (Å²) in [7, 11) is 0. The molecule has 0 aromatic rings. The molecule has 11 N–H and O–H groups in total. The average molecular weight is 504 g/mol. The first-order chi connectivity index (χ1) is 16.0. The molecule has 3 aliphatic rings. The second-order valence-electron chi connectivity index (χ2n) is 8.37. The lowest BCUT2D eigenvalue weighted by Gasteiger charge is -2.45. The van der Waals surface area contributed by atoms with Crippen LogP contribution in [0.25, 0.3) is 0 Å². The third-order valence-electron chi connectivity index (χ3n) is 6.17. The van der Waals surface area contributed by atoms with Crippen LogP contribution in [0.2, 0.25) is 0 Å². The van der Waals surface area contributed by atoms with Gasteiger partial charge in [-0.2, -0.15) is 0 Å². The Morgan fingerprint density at radius 1 is 0.559 bits per heavy atom. The van der Waals surface area contributed by atoms with Gasteiger partial charge in [-0.1, -0.05) is 0 Å². The predicted octanol–water partition coefficient (Wildman–Crippen LogP) is -7.57.